The van der Waals surface area contributed by atoms with E-state index in [0.717, 1.165) is 25.7 Å². The fourth-order valence-corrected chi connectivity index (χ4v) is 1.49. The lowest BCUT2D eigenvalue weighted by atomic mass is 10.1. The van der Waals surface area contributed by atoms with Gasteiger partial charge in [-0.15, -0.1) is 23.2 Å². The standard InChI is InChI=1S/C9H16Cl2O3/c10-6-4-2-1-3-5-7(11)8(12)9(13)14/h7,12-14H,1-6H2. The molecule has 0 radical (unpaired) electrons. The molecule has 0 rings (SSSR count). The number of unbranched alkanes of at least 4 members (excludes halogenated alkanes) is 3. The fraction of sp³-hybridized carbons (Fsp3) is 0.778. The Hall–Kier alpha value is -0.280. The summed E-state index contributed by atoms with van der Waals surface area (Å²) in [6, 6.07) is 0. The summed E-state index contributed by atoms with van der Waals surface area (Å²) in [5.74, 6) is -0.984. The average molecular weight is 243 g/mol. The van der Waals surface area contributed by atoms with Gasteiger partial charge < -0.3 is 15.3 Å². The van der Waals surface area contributed by atoms with Crippen LogP contribution in [0.15, 0.2) is 11.7 Å². The van der Waals surface area contributed by atoms with E-state index >= 15 is 0 Å². The third-order valence-corrected chi connectivity index (χ3v) is 2.56. The normalized spacial score (nSPS) is 12.4. The van der Waals surface area contributed by atoms with Crippen molar-refractivity contribution in [3.8, 4) is 0 Å². The first-order valence-electron chi connectivity index (χ1n) is 4.60. The van der Waals surface area contributed by atoms with Gasteiger partial charge in [0, 0.05) is 5.88 Å². The lowest BCUT2D eigenvalue weighted by molar-refractivity contribution is 0.154. The van der Waals surface area contributed by atoms with Crippen LogP contribution in [0.4, 0.5) is 0 Å². The molecule has 0 aromatic rings. The molecule has 0 aliphatic carbocycles. The summed E-state index contributed by atoms with van der Waals surface area (Å²) in [5.41, 5.74) is 0. The van der Waals surface area contributed by atoms with Gasteiger partial charge in [0.05, 0.1) is 5.38 Å². The van der Waals surface area contributed by atoms with Crippen LogP contribution in [0.3, 0.4) is 0 Å². The van der Waals surface area contributed by atoms with Crippen molar-refractivity contribution in [3.63, 3.8) is 0 Å². The van der Waals surface area contributed by atoms with Crippen LogP contribution in [-0.4, -0.2) is 26.6 Å². The van der Waals surface area contributed by atoms with Crippen molar-refractivity contribution < 1.29 is 15.3 Å². The van der Waals surface area contributed by atoms with Crippen LogP contribution in [0.1, 0.15) is 32.1 Å². The van der Waals surface area contributed by atoms with E-state index in [1.165, 1.54) is 0 Å². The van der Waals surface area contributed by atoms with Gasteiger partial charge in [-0.1, -0.05) is 19.3 Å². The smallest absolute Gasteiger partial charge is 0.315 e. The van der Waals surface area contributed by atoms with Crippen LogP contribution in [0.25, 0.3) is 0 Å². The van der Waals surface area contributed by atoms with Gasteiger partial charge in [-0.3, -0.25) is 0 Å². The van der Waals surface area contributed by atoms with Gasteiger partial charge in [0.25, 0.3) is 0 Å². The molecule has 5 heteroatoms. The maximum Gasteiger partial charge on any atom is 0.315 e. The van der Waals surface area contributed by atoms with Crippen LogP contribution >= 0.6 is 23.2 Å². The molecule has 0 aliphatic rings. The predicted molar refractivity (Wildman–Crippen MR) is 58.4 cm³/mol. The van der Waals surface area contributed by atoms with Crippen molar-refractivity contribution in [2.45, 2.75) is 37.5 Å². The fourth-order valence-electron chi connectivity index (χ4n) is 1.05. The highest BCUT2D eigenvalue weighted by Gasteiger charge is 2.14. The molecule has 14 heavy (non-hydrogen) atoms. The van der Waals surface area contributed by atoms with Gasteiger partial charge in [-0.05, 0) is 12.8 Å². The molecule has 0 bridgehead atoms. The summed E-state index contributed by atoms with van der Waals surface area (Å²) in [7, 11) is 0. The number of allylic oxidation sites excluding steroid dienone is 1. The second kappa shape index (κ2) is 8.06. The minimum absolute atomic E-state index is 0.528. The highest BCUT2D eigenvalue weighted by Crippen LogP contribution is 2.17. The van der Waals surface area contributed by atoms with E-state index < -0.39 is 17.1 Å². The van der Waals surface area contributed by atoms with Crippen molar-refractivity contribution in [3.05, 3.63) is 11.7 Å². The molecule has 3 nitrogen and oxygen atoms in total. The number of aliphatic hydroxyl groups is 3. The summed E-state index contributed by atoms with van der Waals surface area (Å²) in [6.07, 6.45) is 4.35. The molecule has 1 atom stereocenters. The summed E-state index contributed by atoms with van der Waals surface area (Å²) in [4.78, 5) is 0. The molecule has 0 fully saturated rings. The number of aliphatic hydroxyl groups excluding tert-OH is 2. The van der Waals surface area contributed by atoms with Gasteiger partial charge in [-0.25, -0.2) is 0 Å². The van der Waals surface area contributed by atoms with Crippen LogP contribution in [0.5, 0.6) is 0 Å². The Morgan fingerprint density at radius 2 is 1.57 bits per heavy atom. The molecule has 0 aromatic heterocycles. The molecule has 0 saturated carbocycles. The van der Waals surface area contributed by atoms with Crippen molar-refractivity contribution >= 4 is 23.2 Å². The number of alkyl halides is 2. The van der Waals surface area contributed by atoms with Crippen molar-refractivity contribution in [1.29, 1.82) is 0 Å². The van der Waals surface area contributed by atoms with E-state index in [2.05, 4.69) is 0 Å². The first-order chi connectivity index (χ1) is 6.59. The first-order valence-corrected chi connectivity index (χ1v) is 5.57. The summed E-state index contributed by atoms with van der Waals surface area (Å²) in [5, 5.41) is 25.3. The van der Waals surface area contributed by atoms with E-state index in [1.54, 1.807) is 0 Å². The molecule has 0 saturated heterocycles. The van der Waals surface area contributed by atoms with Crippen LogP contribution in [0.2, 0.25) is 0 Å². The topological polar surface area (TPSA) is 60.7 Å². The molecule has 0 aromatic carbocycles. The minimum atomic E-state index is -1.09. The van der Waals surface area contributed by atoms with Crippen molar-refractivity contribution in [1.82, 2.24) is 0 Å². The Balaban J connectivity index is 3.54. The van der Waals surface area contributed by atoms with Crippen molar-refractivity contribution in [2.75, 3.05) is 5.88 Å². The number of hydrogen-bond acceptors (Lipinski definition) is 3. The zero-order valence-electron chi connectivity index (χ0n) is 7.92. The highest BCUT2D eigenvalue weighted by atomic mass is 35.5. The SMILES string of the molecule is OC(O)=C(O)C(Cl)CCCCCCCl. The van der Waals surface area contributed by atoms with E-state index in [4.69, 9.17) is 38.5 Å². The third kappa shape index (κ3) is 6.22. The molecule has 0 aliphatic heterocycles. The average Bonchev–Trinajstić information content (AvgIpc) is 2.16. The molecule has 3 N–H and O–H groups in total. The van der Waals surface area contributed by atoms with Crippen LogP contribution in [0, 0.1) is 0 Å². The maximum absolute atomic E-state index is 9.02. The number of hydrogen-bond donors (Lipinski definition) is 3. The van der Waals surface area contributed by atoms with E-state index in [0.29, 0.717) is 12.3 Å². The Labute approximate surface area is 94.0 Å². The van der Waals surface area contributed by atoms with Crippen LogP contribution in [-0.2, 0) is 0 Å². The molecule has 0 amide bonds. The number of rotatable bonds is 7. The predicted octanol–water partition coefficient (Wildman–Crippen LogP) is 3.63. The number of halogens is 2. The van der Waals surface area contributed by atoms with E-state index in [1.807, 2.05) is 0 Å². The quantitative estimate of drug-likeness (QED) is 0.363. The van der Waals surface area contributed by atoms with Crippen LogP contribution < -0.4 is 0 Å². The molecular weight excluding hydrogens is 227 g/mol. The van der Waals surface area contributed by atoms with Gasteiger partial charge in [0.2, 0.25) is 0 Å². The minimum Gasteiger partial charge on any atom is -0.505 e. The summed E-state index contributed by atoms with van der Waals surface area (Å²) >= 11 is 11.2. The van der Waals surface area contributed by atoms with Gasteiger partial charge in [0.15, 0.2) is 5.76 Å². The van der Waals surface area contributed by atoms with E-state index in [-0.39, 0.29) is 0 Å². The van der Waals surface area contributed by atoms with Gasteiger partial charge in [0.1, 0.15) is 0 Å². The molecule has 84 valence electrons. The Morgan fingerprint density at radius 1 is 1.00 bits per heavy atom. The largest absolute Gasteiger partial charge is 0.505 e. The Kier molecular flexibility index (Phi) is 7.90. The monoisotopic (exact) mass is 242 g/mol. The summed E-state index contributed by atoms with van der Waals surface area (Å²) < 4.78 is 0. The zero-order chi connectivity index (χ0) is 11.0. The Morgan fingerprint density at radius 3 is 2.07 bits per heavy atom. The lowest BCUT2D eigenvalue weighted by Crippen LogP contribution is -2.06. The molecule has 0 spiro atoms. The first kappa shape index (κ1) is 13.7. The molecule has 1 unspecified atom stereocenters. The van der Waals surface area contributed by atoms with Gasteiger partial charge >= 0.3 is 5.95 Å². The molecule has 0 heterocycles. The van der Waals surface area contributed by atoms with Crippen molar-refractivity contribution in [2.24, 2.45) is 0 Å². The molecular formula is C9H16Cl2O3. The zero-order valence-corrected chi connectivity index (χ0v) is 9.43. The maximum atomic E-state index is 9.02. The lowest BCUT2D eigenvalue weighted by Gasteiger charge is -2.07. The second-order valence-electron chi connectivity index (χ2n) is 3.07. The third-order valence-electron chi connectivity index (χ3n) is 1.87. The Bertz CT molecular complexity index is 179. The second-order valence-corrected chi connectivity index (χ2v) is 3.97. The van der Waals surface area contributed by atoms with Gasteiger partial charge in [-0.2, -0.15) is 0 Å². The highest BCUT2D eigenvalue weighted by molar-refractivity contribution is 6.22. The van der Waals surface area contributed by atoms with E-state index in [9.17, 15) is 0 Å². The summed E-state index contributed by atoms with van der Waals surface area (Å²) in [6.45, 7) is 0.